The first-order chi connectivity index (χ1) is 6.86. The highest BCUT2D eigenvalue weighted by Gasteiger charge is 2.14. The molecule has 0 aromatic carbocycles. The lowest BCUT2D eigenvalue weighted by Crippen LogP contribution is -2.04. The zero-order valence-electron chi connectivity index (χ0n) is 7.97. The summed E-state index contributed by atoms with van der Waals surface area (Å²) in [5.74, 6) is 0. The van der Waals surface area contributed by atoms with E-state index in [1.807, 2.05) is 18.2 Å². The van der Waals surface area contributed by atoms with Crippen molar-refractivity contribution in [1.82, 2.24) is 0 Å². The molecule has 0 radical (unpaired) electrons. The van der Waals surface area contributed by atoms with E-state index in [1.165, 1.54) is 5.57 Å². The van der Waals surface area contributed by atoms with Crippen molar-refractivity contribution < 1.29 is 4.74 Å². The fourth-order valence-electron chi connectivity index (χ4n) is 1.19. The molecule has 2 aliphatic heterocycles. The first kappa shape index (κ1) is 9.99. The summed E-state index contributed by atoms with van der Waals surface area (Å²) in [4.78, 5) is 0. The van der Waals surface area contributed by atoms with Gasteiger partial charge in [0.1, 0.15) is 6.61 Å². The van der Waals surface area contributed by atoms with E-state index in [0.717, 1.165) is 5.09 Å². The molecule has 0 amide bonds. The van der Waals surface area contributed by atoms with E-state index in [4.69, 9.17) is 4.74 Å². The van der Waals surface area contributed by atoms with Crippen molar-refractivity contribution in [2.45, 2.75) is 12.2 Å². The molecule has 0 aromatic rings. The lowest BCUT2D eigenvalue weighted by Gasteiger charge is -2.18. The van der Waals surface area contributed by atoms with Crippen molar-refractivity contribution >= 4 is 23.5 Å². The van der Waals surface area contributed by atoms with E-state index in [9.17, 15) is 0 Å². The predicted octanol–water partition coefficient (Wildman–Crippen LogP) is 3.68. The van der Waals surface area contributed by atoms with Gasteiger partial charge in [0.05, 0.1) is 5.25 Å². The molecule has 2 heterocycles. The molecule has 0 spiro atoms. The number of rotatable bonds is 2. The normalized spacial score (nSPS) is 25.4. The maximum absolute atomic E-state index is 5.50. The van der Waals surface area contributed by atoms with Gasteiger partial charge in [-0.2, -0.15) is 0 Å². The summed E-state index contributed by atoms with van der Waals surface area (Å²) >= 11 is 3.51. The van der Waals surface area contributed by atoms with Gasteiger partial charge in [0.2, 0.25) is 0 Å². The third kappa shape index (κ3) is 2.49. The average molecular weight is 224 g/mol. The van der Waals surface area contributed by atoms with Crippen LogP contribution in [0.25, 0.3) is 0 Å². The third-order valence-corrected chi connectivity index (χ3v) is 4.06. The first-order valence-electron chi connectivity index (χ1n) is 4.51. The molecular weight excluding hydrogens is 212 g/mol. The van der Waals surface area contributed by atoms with Crippen molar-refractivity contribution in [3.05, 3.63) is 45.8 Å². The van der Waals surface area contributed by atoms with E-state index >= 15 is 0 Å². The van der Waals surface area contributed by atoms with Crippen molar-refractivity contribution in [3.8, 4) is 0 Å². The molecule has 0 saturated heterocycles. The van der Waals surface area contributed by atoms with Crippen LogP contribution in [0.5, 0.6) is 0 Å². The van der Waals surface area contributed by atoms with Gasteiger partial charge in [-0.3, -0.25) is 0 Å². The monoisotopic (exact) mass is 224 g/mol. The Morgan fingerprint density at radius 1 is 1.57 bits per heavy atom. The fourth-order valence-corrected chi connectivity index (χ4v) is 3.02. The first-order valence-corrected chi connectivity index (χ1v) is 6.33. The van der Waals surface area contributed by atoms with E-state index in [0.29, 0.717) is 11.9 Å². The van der Waals surface area contributed by atoms with Gasteiger partial charge in [-0.05, 0) is 35.5 Å². The molecule has 1 nitrogen and oxygen atoms in total. The fraction of sp³-hybridized carbons (Fsp3) is 0.273. The van der Waals surface area contributed by atoms with E-state index < -0.39 is 0 Å². The SMILES string of the molecule is CC1=CSC=CC1SC1=CC=CCO1. The Morgan fingerprint density at radius 2 is 2.50 bits per heavy atom. The molecule has 0 saturated carbocycles. The molecule has 0 aliphatic carbocycles. The summed E-state index contributed by atoms with van der Waals surface area (Å²) in [6, 6.07) is 0. The van der Waals surface area contributed by atoms with Crippen LogP contribution >= 0.6 is 23.5 Å². The van der Waals surface area contributed by atoms with Gasteiger partial charge in [-0.25, -0.2) is 0 Å². The summed E-state index contributed by atoms with van der Waals surface area (Å²) in [5.41, 5.74) is 1.39. The number of allylic oxidation sites excluding steroid dienone is 2. The minimum absolute atomic E-state index is 0.439. The Balaban J connectivity index is 1.99. The van der Waals surface area contributed by atoms with Gasteiger partial charge in [-0.15, -0.1) is 11.8 Å². The summed E-state index contributed by atoms with van der Waals surface area (Å²) < 4.78 is 5.50. The van der Waals surface area contributed by atoms with Gasteiger partial charge in [0, 0.05) is 0 Å². The maximum Gasteiger partial charge on any atom is 0.154 e. The lowest BCUT2D eigenvalue weighted by molar-refractivity contribution is 0.273. The van der Waals surface area contributed by atoms with Crippen LogP contribution in [-0.4, -0.2) is 11.9 Å². The average Bonchev–Trinajstić information content (AvgIpc) is 2.23. The topological polar surface area (TPSA) is 9.23 Å². The Kier molecular flexibility index (Phi) is 3.43. The van der Waals surface area contributed by atoms with Crippen LogP contribution in [0.3, 0.4) is 0 Å². The zero-order valence-corrected chi connectivity index (χ0v) is 9.61. The molecule has 0 aromatic heterocycles. The van der Waals surface area contributed by atoms with Gasteiger partial charge in [0.25, 0.3) is 0 Å². The summed E-state index contributed by atoms with van der Waals surface area (Å²) in [7, 11) is 0. The highest BCUT2D eigenvalue weighted by atomic mass is 32.2. The van der Waals surface area contributed by atoms with Crippen molar-refractivity contribution in [2.24, 2.45) is 0 Å². The molecule has 74 valence electrons. The molecule has 0 bridgehead atoms. The van der Waals surface area contributed by atoms with Crippen LogP contribution in [0, 0.1) is 0 Å². The minimum Gasteiger partial charge on any atom is -0.483 e. The van der Waals surface area contributed by atoms with Crippen LogP contribution in [0.1, 0.15) is 6.92 Å². The van der Waals surface area contributed by atoms with Gasteiger partial charge < -0.3 is 4.74 Å². The van der Waals surface area contributed by atoms with Crippen LogP contribution in [0.4, 0.5) is 0 Å². The van der Waals surface area contributed by atoms with E-state index in [1.54, 1.807) is 23.5 Å². The summed E-state index contributed by atoms with van der Waals surface area (Å²) in [6.45, 7) is 2.86. The van der Waals surface area contributed by atoms with Crippen LogP contribution in [-0.2, 0) is 4.74 Å². The number of hydrogen-bond acceptors (Lipinski definition) is 3. The molecule has 0 N–H and O–H groups in total. The van der Waals surface area contributed by atoms with Crippen LogP contribution in [0.15, 0.2) is 45.8 Å². The van der Waals surface area contributed by atoms with E-state index in [-0.39, 0.29) is 0 Å². The maximum atomic E-state index is 5.50. The predicted molar refractivity (Wildman–Crippen MR) is 65.0 cm³/mol. The Labute approximate surface area is 93.0 Å². The van der Waals surface area contributed by atoms with Gasteiger partial charge in [0.15, 0.2) is 5.09 Å². The number of hydrogen-bond donors (Lipinski definition) is 0. The Morgan fingerprint density at radius 3 is 3.21 bits per heavy atom. The standard InChI is InChI=1S/C11H12OS2/c1-9-8-13-7-5-10(9)14-11-4-2-3-6-12-11/h2-5,7-8,10H,6H2,1H3. The Bertz CT molecular complexity index is 326. The second-order valence-corrected chi connectivity index (χ2v) is 5.02. The summed E-state index contributed by atoms with van der Waals surface area (Å²) in [6.07, 6.45) is 8.30. The molecule has 2 aliphatic rings. The van der Waals surface area contributed by atoms with Crippen molar-refractivity contribution in [1.29, 1.82) is 0 Å². The molecule has 0 fully saturated rings. The van der Waals surface area contributed by atoms with Crippen LogP contribution < -0.4 is 0 Å². The minimum atomic E-state index is 0.439. The molecule has 1 atom stereocenters. The largest absolute Gasteiger partial charge is 0.483 e. The second kappa shape index (κ2) is 4.80. The number of ether oxygens (including phenoxy) is 1. The summed E-state index contributed by atoms with van der Waals surface area (Å²) in [5, 5.41) is 5.77. The lowest BCUT2D eigenvalue weighted by atomic mass is 10.2. The van der Waals surface area contributed by atoms with Crippen LogP contribution in [0.2, 0.25) is 0 Å². The quantitative estimate of drug-likeness (QED) is 0.708. The van der Waals surface area contributed by atoms with Gasteiger partial charge >= 0.3 is 0 Å². The molecular formula is C11H12OS2. The van der Waals surface area contributed by atoms with Gasteiger partial charge in [-0.1, -0.05) is 23.9 Å². The molecule has 2 rings (SSSR count). The third-order valence-electron chi connectivity index (χ3n) is 1.97. The Hall–Kier alpha value is -0.540. The van der Waals surface area contributed by atoms with E-state index in [2.05, 4.69) is 23.8 Å². The highest BCUT2D eigenvalue weighted by Crippen LogP contribution is 2.33. The second-order valence-electron chi connectivity index (χ2n) is 3.09. The zero-order chi connectivity index (χ0) is 9.80. The molecule has 3 heteroatoms. The van der Waals surface area contributed by atoms with Crippen molar-refractivity contribution in [3.63, 3.8) is 0 Å². The number of thioether (sulfide) groups is 2. The van der Waals surface area contributed by atoms with Crippen molar-refractivity contribution in [2.75, 3.05) is 6.61 Å². The highest BCUT2D eigenvalue weighted by molar-refractivity contribution is 8.06. The molecule has 1 unspecified atom stereocenters. The molecule has 14 heavy (non-hydrogen) atoms. The smallest absolute Gasteiger partial charge is 0.154 e.